The maximum atomic E-state index is 12.9. The highest BCUT2D eigenvalue weighted by molar-refractivity contribution is 6.50. The van der Waals surface area contributed by atoms with Crippen molar-refractivity contribution in [1.82, 2.24) is 0 Å². The van der Waals surface area contributed by atoms with Gasteiger partial charge in [0.15, 0.2) is 0 Å². The molecule has 0 bridgehead atoms. The van der Waals surface area contributed by atoms with Crippen LogP contribution in [0.5, 0.6) is 0 Å². The quantitative estimate of drug-likeness (QED) is 0.405. The van der Waals surface area contributed by atoms with Crippen molar-refractivity contribution in [3.8, 4) is 0 Å². The molecule has 0 spiro atoms. The van der Waals surface area contributed by atoms with Crippen LogP contribution in [0.1, 0.15) is 33.1 Å². The Morgan fingerprint density at radius 2 is 1.92 bits per heavy atom. The third-order valence-electron chi connectivity index (χ3n) is 6.21. The van der Waals surface area contributed by atoms with Gasteiger partial charge in [-0.1, -0.05) is 32.1 Å². The summed E-state index contributed by atoms with van der Waals surface area (Å²) in [6, 6.07) is 0. The Morgan fingerprint density at radius 1 is 1.28 bits per heavy atom. The predicted molar refractivity (Wildman–Crippen MR) is 92.7 cm³/mol. The molecular formula is C20H24O5. The molecule has 5 heteroatoms. The molecule has 0 amide bonds. The molecule has 5 unspecified atom stereocenters. The number of carbonyl (C=O) groups excluding carboxylic acids is 2. The van der Waals surface area contributed by atoms with Crippen molar-refractivity contribution < 1.29 is 24.9 Å². The molecule has 3 N–H and O–H groups in total. The first-order valence-electron chi connectivity index (χ1n) is 8.58. The maximum Gasteiger partial charge on any atom is 0.233 e. The molecule has 1 fully saturated rings. The summed E-state index contributed by atoms with van der Waals surface area (Å²) >= 11 is 0. The van der Waals surface area contributed by atoms with Crippen molar-refractivity contribution in [3.63, 3.8) is 0 Å². The summed E-state index contributed by atoms with van der Waals surface area (Å²) in [4.78, 5) is 25.4. The summed E-state index contributed by atoms with van der Waals surface area (Å²) in [7, 11) is 0. The molecule has 0 saturated heterocycles. The van der Waals surface area contributed by atoms with Gasteiger partial charge in [-0.3, -0.25) is 9.59 Å². The summed E-state index contributed by atoms with van der Waals surface area (Å²) in [6.07, 6.45) is 0.155. The van der Waals surface area contributed by atoms with Crippen LogP contribution in [-0.4, -0.2) is 39.1 Å². The maximum absolute atomic E-state index is 12.9. The monoisotopic (exact) mass is 344 g/mol. The summed E-state index contributed by atoms with van der Waals surface area (Å²) in [5, 5.41) is 32.0. The van der Waals surface area contributed by atoms with Crippen LogP contribution in [0.3, 0.4) is 0 Å². The van der Waals surface area contributed by atoms with E-state index in [4.69, 9.17) is 0 Å². The highest BCUT2D eigenvalue weighted by Crippen LogP contribution is 2.58. The molecule has 1 saturated carbocycles. The van der Waals surface area contributed by atoms with E-state index in [1.54, 1.807) is 0 Å². The van der Waals surface area contributed by atoms with Crippen LogP contribution in [0.4, 0.5) is 0 Å². The SMILES string of the molecule is C=CCC1=C(O)C2=C(C(=O)C1=O)C1(C)CCC(C)C(=C)C1C(O)C2O. The fourth-order valence-corrected chi connectivity index (χ4v) is 4.75. The number of rotatable bonds is 2. The molecule has 134 valence electrons. The summed E-state index contributed by atoms with van der Waals surface area (Å²) < 4.78 is 0. The summed E-state index contributed by atoms with van der Waals surface area (Å²) in [5.41, 5.74) is -0.00547. The Bertz CT molecular complexity index is 756. The van der Waals surface area contributed by atoms with E-state index in [0.29, 0.717) is 6.42 Å². The minimum atomic E-state index is -1.44. The van der Waals surface area contributed by atoms with Gasteiger partial charge in [0, 0.05) is 28.1 Å². The number of aliphatic hydroxyl groups is 3. The molecule has 0 aliphatic heterocycles. The second-order valence-electron chi connectivity index (χ2n) is 7.61. The zero-order valence-electron chi connectivity index (χ0n) is 14.6. The Balaban J connectivity index is 2.28. The third kappa shape index (κ3) is 2.22. The number of fused-ring (bicyclic) bond motifs is 2. The lowest BCUT2D eigenvalue weighted by molar-refractivity contribution is -0.135. The first kappa shape index (κ1) is 17.8. The number of carbonyl (C=O) groups is 2. The number of Topliss-reactive ketones (excluding diaryl/α,β-unsaturated/α-hetero) is 2. The lowest BCUT2D eigenvalue weighted by Gasteiger charge is -2.53. The topological polar surface area (TPSA) is 94.8 Å². The second-order valence-corrected chi connectivity index (χ2v) is 7.61. The standard InChI is InChI=1S/C20H24O5/c1-5-6-11-15(21)12-14(19(25)16(11)22)20(4)8-7-9(2)10(3)13(20)18(24)17(12)23/h5,9,13,17-18,21,23-24H,1,3,6-8H2,2,4H3. The third-order valence-corrected chi connectivity index (χ3v) is 6.21. The van der Waals surface area contributed by atoms with Gasteiger partial charge < -0.3 is 15.3 Å². The molecule has 0 radical (unpaired) electrons. The van der Waals surface area contributed by atoms with Gasteiger partial charge in [0.1, 0.15) is 11.9 Å². The number of aliphatic hydroxyl groups excluding tert-OH is 3. The van der Waals surface area contributed by atoms with E-state index in [9.17, 15) is 24.9 Å². The first-order valence-corrected chi connectivity index (χ1v) is 8.58. The van der Waals surface area contributed by atoms with Crippen LogP contribution in [0.2, 0.25) is 0 Å². The van der Waals surface area contributed by atoms with E-state index >= 15 is 0 Å². The zero-order valence-corrected chi connectivity index (χ0v) is 14.6. The van der Waals surface area contributed by atoms with Crippen LogP contribution in [0, 0.1) is 17.3 Å². The summed E-state index contributed by atoms with van der Waals surface area (Å²) in [6.45, 7) is 11.4. The van der Waals surface area contributed by atoms with Crippen LogP contribution in [0.15, 0.2) is 47.3 Å². The average Bonchev–Trinajstić information content (AvgIpc) is 2.56. The van der Waals surface area contributed by atoms with Gasteiger partial charge in [0.05, 0.1) is 6.10 Å². The molecule has 3 rings (SSSR count). The van der Waals surface area contributed by atoms with Gasteiger partial charge in [-0.05, 0) is 25.2 Å². The van der Waals surface area contributed by atoms with Crippen molar-refractivity contribution in [3.05, 3.63) is 47.3 Å². The molecule has 5 atom stereocenters. The molecule has 0 aromatic rings. The fourth-order valence-electron chi connectivity index (χ4n) is 4.75. The Kier molecular flexibility index (Phi) is 4.12. The minimum Gasteiger partial charge on any atom is -0.507 e. The number of hydrogen-bond acceptors (Lipinski definition) is 5. The van der Waals surface area contributed by atoms with Crippen LogP contribution < -0.4 is 0 Å². The highest BCUT2D eigenvalue weighted by Gasteiger charge is 2.58. The van der Waals surface area contributed by atoms with E-state index in [1.807, 2.05) is 13.8 Å². The fraction of sp³-hybridized carbons (Fsp3) is 0.500. The van der Waals surface area contributed by atoms with Crippen LogP contribution in [0.25, 0.3) is 0 Å². The van der Waals surface area contributed by atoms with Gasteiger partial charge in [-0.2, -0.15) is 0 Å². The van der Waals surface area contributed by atoms with Crippen LogP contribution in [-0.2, 0) is 9.59 Å². The molecule has 3 aliphatic carbocycles. The normalized spacial score (nSPS) is 38.6. The highest BCUT2D eigenvalue weighted by atomic mass is 16.3. The van der Waals surface area contributed by atoms with Crippen molar-refractivity contribution in [1.29, 1.82) is 0 Å². The zero-order chi connectivity index (χ0) is 18.7. The number of ketones is 2. The van der Waals surface area contributed by atoms with Crippen molar-refractivity contribution in [2.75, 3.05) is 0 Å². The van der Waals surface area contributed by atoms with E-state index < -0.39 is 40.9 Å². The average molecular weight is 344 g/mol. The molecule has 0 aromatic carbocycles. The minimum absolute atomic E-state index is 0.00458. The van der Waals surface area contributed by atoms with Gasteiger partial charge >= 0.3 is 0 Å². The smallest absolute Gasteiger partial charge is 0.233 e. The Labute approximate surface area is 147 Å². The van der Waals surface area contributed by atoms with Crippen molar-refractivity contribution in [2.24, 2.45) is 17.3 Å². The largest absolute Gasteiger partial charge is 0.507 e. The van der Waals surface area contributed by atoms with Gasteiger partial charge in [-0.25, -0.2) is 0 Å². The van der Waals surface area contributed by atoms with E-state index in [0.717, 1.165) is 12.0 Å². The van der Waals surface area contributed by atoms with E-state index in [-0.39, 0.29) is 29.1 Å². The van der Waals surface area contributed by atoms with Crippen molar-refractivity contribution in [2.45, 2.75) is 45.3 Å². The molecule has 25 heavy (non-hydrogen) atoms. The molecule has 0 aromatic heterocycles. The Morgan fingerprint density at radius 3 is 2.52 bits per heavy atom. The second kappa shape index (κ2) is 5.78. The molecular weight excluding hydrogens is 320 g/mol. The van der Waals surface area contributed by atoms with Crippen molar-refractivity contribution >= 4 is 11.6 Å². The van der Waals surface area contributed by atoms with Gasteiger partial charge in [-0.15, -0.1) is 6.58 Å². The molecule has 5 nitrogen and oxygen atoms in total. The number of hydrogen-bond donors (Lipinski definition) is 3. The van der Waals surface area contributed by atoms with Gasteiger partial charge in [0.2, 0.25) is 11.6 Å². The predicted octanol–water partition coefficient (Wildman–Crippen LogP) is 2.17. The molecule has 3 aliphatic rings. The van der Waals surface area contributed by atoms with E-state index in [1.165, 1.54) is 6.08 Å². The lowest BCUT2D eigenvalue weighted by atomic mass is 9.51. The number of allylic oxidation sites excluding steroid dienone is 3. The molecule has 0 heterocycles. The first-order chi connectivity index (χ1) is 11.7. The lowest BCUT2D eigenvalue weighted by Crippen LogP contribution is -2.56. The van der Waals surface area contributed by atoms with E-state index in [2.05, 4.69) is 13.2 Å². The van der Waals surface area contributed by atoms with Gasteiger partial charge in [0.25, 0.3) is 0 Å². The van der Waals surface area contributed by atoms with Crippen LogP contribution >= 0.6 is 0 Å². The Hall–Kier alpha value is -1.98. The summed E-state index contributed by atoms with van der Waals surface area (Å²) in [5.74, 6) is -2.24.